The topological polar surface area (TPSA) is 79.5 Å². The van der Waals surface area contributed by atoms with Crippen LogP contribution in [0.2, 0.25) is 0 Å². The fourth-order valence-corrected chi connectivity index (χ4v) is 1.60. The maximum atomic E-state index is 11.7. The Morgan fingerprint density at radius 2 is 1.74 bits per heavy atom. The molecule has 0 saturated heterocycles. The lowest BCUT2D eigenvalue weighted by atomic mass is 9.96. The van der Waals surface area contributed by atoms with Crippen molar-refractivity contribution in [3.8, 4) is 5.75 Å². The monoisotopic (exact) mass is 337 g/mol. The van der Waals surface area contributed by atoms with E-state index in [1.54, 1.807) is 20.8 Å². The summed E-state index contributed by atoms with van der Waals surface area (Å²) in [5.41, 5.74) is 5.45. The minimum Gasteiger partial charge on any atom is -0.484 e. The van der Waals surface area contributed by atoms with Crippen LogP contribution in [0.25, 0.3) is 0 Å². The summed E-state index contributed by atoms with van der Waals surface area (Å²) in [5.74, 6) is -0.0330. The average Bonchev–Trinajstić information content (AvgIpc) is 2.50. The number of benzene rings is 1. The summed E-state index contributed by atoms with van der Waals surface area (Å²) in [6.45, 7) is 7.20. The van der Waals surface area contributed by atoms with Gasteiger partial charge in [0.05, 0.1) is 0 Å². The van der Waals surface area contributed by atoms with E-state index in [2.05, 4.69) is 23.1 Å². The highest BCUT2D eigenvalue weighted by Crippen LogP contribution is 2.12. The molecule has 23 heavy (non-hydrogen) atoms. The van der Waals surface area contributed by atoms with Crippen LogP contribution in [0.5, 0.6) is 5.75 Å². The number of ether oxygens (including phenoxy) is 1. The maximum Gasteiger partial charge on any atom is 0.276 e. The van der Waals surface area contributed by atoms with Gasteiger partial charge in [-0.1, -0.05) is 39.8 Å². The Balaban J connectivity index is 2.31. The Morgan fingerprint density at radius 3 is 2.26 bits per heavy atom. The van der Waals surface area contributed by atoms with Gasteiger partial charge in [-0.2, -0.15) is 0 Å². The predicted octanol–water partition coefficient (Wildman–Crippen LogP) is 1.70. The second-order valence-corrected chi connectivity index (χ2v) is 6.40. The molecule has 126 valence electrons. The standard InChI is InChI=1S/C16H23N3O3S/c1-5-11-6-8-12(9-7-11)22-10-13(20)18-19-15(23)17-14(21)16(2,3)4/h6-9H,5,10H2,1-4H3,(H,18,20)(H2,17,19,21,23). The summed E-state index contributed by atoms with van der Waals surface area (Å²) in [5, 5.41) is 2.52. The SMILES string of the molecule is CCc1ccc(OCC(=O)NNC(=S)NC(=O)C(C)(C)C)cc1. The van der Waals surface area contributed by atoms with Gasteiger partial charge in [0, 0.05) is 5.41 Å². The number of amides is 2. The van der Waals surface area contributed by atoms with E-state index in [1.807, 2.05) is 24.3 Å². The van der Waals surface area contributed by atoms with Crippen molar-refractivity contribution in [3.05, 3.63) is 29.8 Å². The van der Waals surface area contributed by atoms with Gasteiger partial charge in [-0.25, -0.2) is 0 Å². The molecule has 3 N–H and O–H groups in total. The minimum atomic E-state index is -0.566. The molecular weight excluding hydrogens is 314 g/mol. The van der Waals surface area contributed by atoms with E-state index < -0.39 is 11.3 Å². The number of rotatable bonds is 4. The highest BCUT2D eigenvalue weighted by atomic mass is 32.1. The summed E-state index contributed by atoms with van der Waals surface area (Å²) < 4.78 is 5.35. The molecule has 0 radical (unpaired) electrons. The van der Waals surface area contributed by atoms with E-state index in [4.69, 9.17) is 17.0 Å². The Bertz CT molecular complexity index is 565. The van der Waals surface area contributed by atoms with E-state index in [1.165, 1.54) is 5.56 Å². The van der Waals surface area contributed by atoms with Crippen LogP contribution in [0.15, 0.2) is 24.3 Å². The number of hydrogen-bond acceptors (Lipinski definition) is 4. The Labute approximate surface area is 141 Å². The summed E-state index contributed by atoms with van der Waals surface area (Å²) >= 11 is 4.92. The molecule has 0 fully saturated rings. The average molecular weight is 337 g/mol. The minimum absolute atomic E-state index is 0.0329. The van der Waals surface area contributed by atoms with Crippen molar-refractivity contribution in [2.24, 2.45) is 5.41 Å². The number of hydrogen-bond donors (Lipinski definition) is 3. The molecule has 0 unspecified atom stereocenters. The van der Waals surface area contributed by atoms with Gasteiger partial charge in [0.2, 0.25) is 5.91 Å². The van der Waals surface area contributed by atoms with E-state index in [0.717, 1.165) is 6.42 Å². The molecule has 0 aromatic heterocycles. The summed E-state index contributed by atoms with van der Waals surface area (Å²) in [4.78, 5) is 23.4. The van der Waals surface area contributed by atoms with Crippen molar-refractivity contribution in [3.63, 3.8) is 0 Å². The normalized spacial score (nSPS) is 10.6. The molecule has 0 spiro atoms. The van der Waals surface area contributed by atoms with Crippen LogP contribution in [-0.2, 0) is 16.0 Å². The zero-order valence-corrected chi connectivity index (χ0v) is 14.7. The lowest BCUT2D eigenvalue weighted by molar-refractivity contribution is -0.127. The maximum absolute atomic E-state index is 11.7. The van der Waals surface area contributed by atoms with Crippen LogP contribution in [0.4, 0.5) is 0 Å². The van der Waals surface area contributed by atoms with E-state index in [9.17, 15) is 9.59 Å². The molecule has 0 saturated carbocycles. The third-order valence-electron chi connectivity index (χ3n) is 2.93. The van der Waals surface area contributed by atoms with E-state index >= 15 is 0 Å². The lowest BCUT2D eigenvalue weighted by Crippen LogP contribution is -2.51. The number of thiocarbonyl (C=S) groups is 1. The predicted molar refractivity (Wildman–Crippen MR) is 92.8 cm³/mol. The lowest BCUT2D eigenvalue weighted by Gasteiger charge is -2.18. The quantitative estimate of drug-likeness (QED) is 0.576. The summed E-state index contributed by atoms with van der Waals surface area (Å²) in [7, 11) is 0. The summed E-state index contributed by atoms with van der Waals surface area (Å²) in [6.07, 6.45) is 0.947. The van der Waals surface area contributed by atoms with Gasteiger partial charge in [0.15, 0.2) is 11.7 Å². The first-order valence-electron chi connectivity index (χ1n) is 7.34. The van der Waals surface area contributed by atoms with Crippen molar-refractivity contribution in [1.29, 1.82) is 0 Å². The Kier molecular flexibility index (Phi) is 6.96. The fraction of sp³-hybridized carbons (Fsp3) is 0.438. The molecule has 0 heterocycles. The molecular formula is C16H23N3O3S. The largest absolute Gasteiger partial charge is 0.484 e. The highest BCUT2D eigenvalue weighted by molar-refractivity contribution is 7.80. The first-order valence-corrected chi connectivity index (χ1v) is 7.75. The van der Waals surface area contributed by atoms with Gasteiger partial charge < -0.3 is 10.1 Å². The first-order chi connectivity index (χ1) is 10.7. The number of carbonyl (C=O) groups excluding carboxylic acids is 2. The van der Waals surface area contributed by atoms with Crippen molar-refractivity contribution in [2.45, 2.75) is 34.1 Å². The third-order valence-corrected chi connectivity index (χ3v) is 3.13. The first kappa shape index (κ1) is 18.9. The number of nitrogens with one attached hydrogen (secondary N) is 3. The van der Waals surface area contributed by atoms with Crippen molar-refractivity contribution >= 4 is 29.1 Å². The number of hydrazine groups is 1. The van der Waals surface area contributed by atoms with Crippen molar-refractivity contribution < 1.29 is 14.3 Å². The van der Waals surface area contributed by atoms with Crippen LogP contribution < -0.4 is 20.9 Å². The van der Waals surface area contributed by atoms with E-state index in [0.29, 0.717) is 5.75 Å². The molecule has 1 aromatic rings. The van der Waals surface area contributed by atoms with Gasteiger partial charge in [0.25, 0.3) is 5.91 Å². The molecule has 0 bridgehead atoms. The van der Waals surface area contributed by atoms with Crippen molar-refractivity contribution in [2.75, 3.05) is 6.61 Å². The molecule has 1 aromatic carbocycles. The van der Waals surface area contributed by atoms with Crippen LogP contribution in [0, 0.1) is 5.41 Å². The van der Waals surface area contributed by atoms with Crippen LogP contribution in [0.3, 0.4) is 0 Å². The van der Waals surface area contributed by atoms with Gasteiger partial charge in [0.1, 0.15) is 5.75 Å². The number of aryl methyl sites for hydroxylation is 1. The zero-order chi connectivity index (χ0) is 17.5. The Morgan fingerprint density at radius 1 is 1.13 bits per heavy atom. The third kappa shape index (κ3) is 7.10. The molecule has 0 atom stereocenters. The molecule has 7 heteroatoms. The van der Waals surface area contributed by atoms with Gasteiger partial charge >= 0.3 is 0 Å². The van der Waals surface area contributed by atoms with Gasteiger partial charge in [-0.3, -0.25) is 20.4 Å². The Hall–Kier alpha value is -2.15. The van der Waals surface area contributed by atoms with E-state index in [-0.39, 0.29) is 17.6 Å². The number of carbonyl (C=O) groups is 2. The molecule has 0 aliphatic rings. The van der Waals surface area contributed by atoms with Crippen LogP contribution >= 0.6 is 12.2 Å². The van der Waals surface area contributed by atoms with Crippen LogP contribution in [-0.4, -0.2) is 23.5 Å². The molecule has 2 amide bonds. The second-order valence-electron chi connectivity index (χ2n) is 5.99. The van der Waals surface area contributed by atoms with Crippen LogP contribution in [0.1, 0.15) is 33.3 Å². The molecule has 0 aliphatic heterocycles. The molecule has 6 nitrogen and oxygen atoms in total. The second kappa shape index (κ2) is 8.47. The molecule has 0 aliphatic carbocycles. The van der Waals surface area contributed by atoms with Gasteiger partial charge in [-0.15, -0.1) is 0 Å². The summed E-state index contributed by atoms with van der Waals surface area (Å²) in [6, 6.07) is 7.52. The zero-order valence-electron chi connectivity index (χ0n) is 13.9. The fourth-order valence-electron chi connectivity index (χ4n) is 1.45. The van der Waals surface area contributed by atoms with Crippen molar-refractivity contribution in [1.82, 2.24) is 16.2 Å². The smallest absolute Gasteiger partial charge is 0.276 e. The van der Waals surface area contributed by atoms with Gasteiger partial charge in [-0.05, 0) is 36.3 Å². The molecule has 1 rings (SSSR count). The highest BCUT2D eigenvalue weighted by Gasteiger charge is 2.21.